The standard InChI is InChI=1S/C17H24BrNO2/c1-2-16(13-6-5-7-14(18)12-13)19-11-4-3-8-15(19)9-10-17(20)21/h5-7,12,15-16H,2-4,8-11H2,1H3,(H,20,21). The number of aliphatic carboxylic acids is 1. The molecule has 1 aliphatic heterocycles. The fourth-order valence-electron chi connectivity index (χ4n) is 3.41. The van der Waals surface area contributed by atoms with E-state index in [9.17, 15) is 4.79 Å². The normalized spacial score (nSPS) is 21.1. The minimum Gasteiger partial charge on any atom is -0.481 e. The number of hydrogen-bond donors (Lipinski definition) is 1. The van der Waals surface area contributed by atoms with Gasteiger partial charge in [-0.1, -0.05) is 41.4 Å². The lowest BCUT2D eigenvalue weighted by Crippen LogP contribution is -2.42. The van der Waals surface area contributed by atoms with Gasteiger partial charge in [-0.3, -0.25) is 9.69 Å². The summed E-state index contributed by atoms with van der Waals surface area (Å²) in [4.78, 5) is 13.4. The first kappa shape index (κ1) is 16.5. The number of carboxylic acids is 1. The third kappa shape index (κ3) is 4.55. The van der Waals surface area contributed by atoms with E-state index in [0.29, 0.717) is 12.1 Å². The van der Waals surface area contributed by atoms with Crippen molar-refractivity contribution in [2.24, 2.45) is 0 Å². The highest BCUT2D eigenvalue weighted by atomic mass is 79.9. The number of likely N-dealkylation sites (tertiary alicyclic amines) is 1. The fourth-order valence-corrected chi connectivity index (χ4v) is 3.83. The second kappa shape index (κ2) is 7.95. The van der Waals surface area contributed by atoms with E-state index in [0.717, 1.165) is 30.3 Å². The van der Waals surface area contributed by atoms with Crippen LogP contribution in [-0.4, -0.2) is 28.6 Å². The molecule has 116 valence electrons. The minimum absolute atomic E-state index is 0.274. The first-order valence-corrected chi connectivity index (χ1v) is 8.64. The van der Waals surface area contributed by atoms with E-state index in [-0.39, 0.29) is 6.42 Å². The SMILES string of the molecule is CCC(c1cccc(Br)c1)N1CCCCC1CCC(=O)O. The summed E-state index contributed by atoms with van der Waals surface area (Å²) in [6.07, 6.45) is 5.65. The minimum atomic E-state index is -0.684. The average Bonchev–Trinajstić information content (AvgIpc) is 2.47. The maximum absolute atomic E-state index is 10.9. The molecule has 0 aliphatic carbocycles. The fraction of sp³-hybridized carbons (Fsp3) is 0.588. The Labute approximate surface area is 135 Å². The monoisotopic (exact) mass is 353 g/mol. The molecule has 3 nitrogen and oxygen atoms in total. The van der Waals surface area contributed by atoms with Crippen molar-refractivity contribution in [3.05, 3.63) is 34.3 Å². The van der Waals surface area contributed by atoms with Crippen molar-refractivity contribution in [2.75, 3.05) is 6.54 Å². The van der Waals surface area contributed by atoms with Gasteiger partial charge < -0.3 is 5.11 Å². The summed E-state index contributed by atoms with van der Waals surface area (Å²) in [7, 11) is 0. The maximum Gasteiger partial charge on any atom is 0.303 e. The van der Waals surface area contributed by atoms with E-state index >= 15 is 0 Å². The van der Waals surface area contributed by atoms with Crippen LogP contribution in [0.4, 0.5) is 0 Å². The van der Waals surface area contributed by atoms with Gasteiger partial charge in [0.25, 0.3) is 0 Å². The van der Waals surface area contributed by atoms with E-state index in [1.54, 1.807) is 0 Å². The van der Waals surface area contributed by atoms with E-state index in [1.807, 2.05) is 6.07 Å². The summed E-state index contributed by atoms with van der Waals surface area (Å²) in [5.41, 5.74) is 1.33. The van der Waals surface area contributed by atoms with Gasteiger partial charge in [0.05, 0.1) is 0 Å². The molecule has 0 aromatic heterocycles. The van der Waals surface area contributed by atoms with Crippen LogP contribution >= 0.6 is 15.9 Å². The van der Waals surface area contributed by atoms with Crippen molar-refractivity contribution >= 4 is 21.9 Å². The van der Waals surface area contributed by atoms with Crippen LogP contribution in [0.3, 0.4) is 0 Å². The molecule has 1 aliphatic rings. The highest BCUT2D eigenvalue weighted by molar-refractivity contribution is 9.10. The Balaban J connectivity index is 2.15. The lowest BCUT2D eigenvalue weighted by molar-refractivity contribution is -0.137. The van der Waals surface area contributed by atoms with Gasteiger partial charge in [0.1, 0.15) is 0 Å². The molecule has 0 spiro atoms. The zero-order valence-corrected chi connectivity index (χ0v) is 14.2. The quantitative estimate of drug-likeness (QED) is 0.810. The number of carboxylic acid groups (broad SMARTS) is 1. The molecule has 21 heavy (non-hydrogen) atoms. The molecule has 2 rings (SSSR count). The Kier molecular flexibility index (Phi) is 6.24. The van der Waals surface area contributed by atoms with E-state index in [1.165, 1.54) is 18.4 Å². The Morgan fingerprint density at radius 3 is 2.95 bits per heavy atom. The predicted octanol–water partition coefficient (Wildman–Crippen LogP) is 4.62. The Morgan fingerprint density at radius 1 is 1.48 bits per heavy atom. The van der Waals surface area contributed by atoms with Crippen molar-refractivity contribution in [3.8, 4) is 0 Å². The van der Waals surface area contributed by atoms with Gasteiger partial charge in [0.2, 0.25) is 0 Å². The van der Waals surface area contributed by atoms with Gasteiger partial charge in [-0.15, -0.1) is 0 Å². The predicted molar refractivity (Wildman–Crippen MR) is 88.4 cm³/mol. The Hall–Kier alpha value is -0.870. The van der Waals surface area contributed by atoms with Crippen molar-refractivity contribution in [3.63, 3.8) is 0 Å². The molecule has 1 aromatic carbocycles. The van der Waals surface area contributed by atoms with Crippen LogP contribution in [-0.2, 0) is 4.79 Å². The second-order valence-electron chi connectivity index (χ2n) is 5.80. The van der Waals surface area contributed by atoms with Crippen LogP contribution in [0.15, 0.2) is 28.7 Å². The van der Waals surface area contributed by atoms with E-state index in [4.69, 9.17) is 5.11 Å². The topological polar surface area (TPSA) is 40.5 Å². The highest BCUT2D eigenvalue weighted by Gasteiger charge is 2.29. The Bertz CT molecular complexity index is 478. The van der Waals surface area contributed by atoms with Crippen LogP contribution in [0.25, 0.3) is 0 Å². The average molecular weight is 354 g/mol. The number of halogens is 1. The van der Waals surface area contributed by atoms with Crippen molar-refractivity contribution in [2.45, 2.75) is 57.5 Å². The Morgan fingerprint density at radius 2 is 2.29 bits per heavy atom. The third-order valence-corrected chi connectivity index (χ3v) is 4.88. The van der Waals surface area contributed by atoms with Crippen LogP contribution in [0.5, 0.6) is 0 Å². The van der Waals surface area contributed by atoms with Gasteiger partial charge in [0, 0.05) is 23.0 Å². The third-order valence-electron chi connectivity index (χ3n) is 4.38. The number of nitrogens with zero attached hydrogens (tertiary/aromatic N) is 1. The number of hydrogen-bond acceptors (Lipinski definition) is 2. The van der Waals surface area contributed by atoms with Crippen LogP contribution in [0.1, 0.15) is 57.1 Å². The number of carbonyl (C=O) groups is 1. The van der Waals surface area contributed by atoms with E-state index < -0.39 is 5.97 Å². The smallest absolute Gasteiger partial charge is 0.303 e. The summed E-state index contributed by atoms with van der Waals surface area (Å²) >= 11 is 3.55. The molecule has 2 atom stereocenters. The molecule has 1 N–H and O–H groups in total. The molecule has 0 bridgehead atoms. The first-order valence-electron chi connectivity index (χ1n) is 7.84. The van der Waals surface area contributed by atoms with Crippen LogP contribution in [0.2, 0.25) is 0 Å². The molecule has 0 amide bonds. The molecule has 1 heterocycles. The lowest BCUT2D eigenvalue weighted by atomic mass is 9.92. The van der Waals surface area contributed by atoms with Gasteiger partial charge in [0.15, 0.2) is 0 Å². The van der Waals surface area contributed by atoms with Gasteiger partial charge >= 0.3 is 5.97 Å². The molecule has 0 saturated carbocycles. The van der Waals surface area contributed by atoms with Crippen molar-refractivity contribution in [1.82, 2.24) is 4.90 Å². The second-order valence-corrected chi connectivity index (χ2v) is 6.71. The molecule has 4 heteroatoms. The van der Waals surface area contributed by atoms with Crippen LogP contribution < -0.4 is 0 Å². The van der Waals surface area contributed by atoms with E-state index in [2.05, 4.69) is 46.0 Å². The number of piperidine rings is 1. The van der Waals surface area contributed by atoms with Crippen molar-refractivity contribution in [1.29, 1.82) is 0 Å². The summed E-state index contributed by atoms with van der Waals surface area (Å²) in [6, 6.07) is 9.30. The maximum atomic E-state index is 10.9. The lowest BCUT2D eigenvalue weighted by Gasteiger charge is -2.41. The molecule has 1 saturated heterocycles. The zero-order chi connectivity index (χ0) is 15.2. The molecule has 1 fully saturated rings. The summed E-state index contributed by atoms with van der Waals surface area (Å²) in [5.74, 6) is -0.684. The van der Waals surface area contributed by atoms with Gasteiger partial charge in [-0.25, -0.2) is 0 Å². The molecule has 0 radical (unpaired) electrons. The van der Waals surface area contributed by atoms with Gasteiger partial charge in [-0.2, -0.15) is 0 Å². The molecule has 1 aromatic rings. The first-order chi connectivity index (χ1) is 10.1. The number of rotatable bonds is 6. The zero-order valence-electron chi connectivity index (χ0n) is 12.6. The van der Waals surface area contributed by atoms with Crippen molar-refractivity contribution < 1.29 is 9.90 Å². The van der Waals surface area contributed by atoms with Crippen LogP contribution in [0, 0.1) is 0 Å². The van der Waals surface area contributed by atoms with Gasteiger partial charge in [-0.05, 0) is 49.9 Å². The largest absolute Gasteiger partial charge is 0.481 e. The number of benzene rings is 1. The summed E-state index contributed by atoms with van der Waals surface area (Å²) in [5, 5.41) is 8.95. The highest BCUT2D eigenvalue weighted by Crippen LogP contribution is 2.33. The molecular weight excluding hydrogens is 330 g/mol. The summed E-state index contributed by atoms with van der Waals surface area (Å²) < 4.78 is 1.11. The summed E-state index contributed by atoms with van der Waals surface area (Å²) in [6.45, 7) is 3.30. The molecule has 2 unspecified atom stereocenters. The molecular formula is C17H24BrNO2.